The molecule has 0 aromatic rings. The average Bonchev–Trinajstić information content (AvgIpc) is 2.11. The van der Waals surface area contributed by atoms with Crippen LogP contribution in [0.1, 0.15) is 33.1 Å². The monoisotopic (exact) mass is 187 g/mol. The summed E-state index contributed by atoms with van der Waals surface area (Å²) in [5.41, 5.74) is 0. The summed E-state index contributed by atoms with van der Waals surface area (Å²) in [5, 5.41) is 0. The van der Waals surface area contributed by atoms with Crippen LogP contribution in [-0.2, 0) is 9.53 Å². The zero-order valence-corrected chi connectivity index (χ0v) is 9.17. The summed E-state index contributed by atoms with van der Waals surface area (Å²) in [5.74, 6) is -0.104. The maximum atomic E-state index is 10.8. The lowest BCUT2D eigenvalue weighted by Gasteiger charge is -2.20. The molecule has 0 atom stereocenters. The number of nitrogens with zero attached hydrogens (tertiary/aromatic N) is 1. The number of esters is 1. The van der Waals surface area contributed by atoms with Gasteiger partial charge < -0.3 is 9.64 Å². The largest absolute Gasteiger partial charge is 0.469 e. The highest BCUT2D eigenvalue weighted by atomic mass is 16.5. The van der Waals surface area contributed by atoms with E-state index in [1.54, 1.807) is 0 Å². The number of unbranched alkanes of at least 4 members (excludes halogenated alkanes) is 1. The quantitative estimate of drug-likeness (QED) is 0.468. The molecule has 0 saturated carbocycles. The van der Waals surface area contributed by atoms with Crippen LogP contribution in [0.25, 0.3) is 0 Å². The van der Waals surface area contributed by atoms with Crippen LogP contribution in [0.3, 0.4) is 0 Å². The Morgan fingerprint density at radius 3 is 2.46 bits per heavy atom. The smallest absolute Gasteiger partial charge is 0.305 e. The number of ether oxygens (including phenoxy) is 1. The van der Waals surface area contributed by atoms with Gasteiger partial charge in [0.1, 0.15) is 0 Å². The molecular formula is C10H21NO2. The van der Waals surface area contributed by atoms with Gasteiger partial charge in [0.25, 0.3) is 0 Å². The van der Waals surface area contributed by atoms with E-state index in [1.165, 1.54) is 7.11 Å². The average molecular weight is 187 g/mol. The molecule has 0 aliphatic rings. The molecule has 0 bridgehead atoms. The third-order valence-corrected chi connectivity index (χ3v) is 2.25. The number of carbonyl (C=O) groups excluding carboxylic acids is 1. The van der Waals surface area contributed by atoms with E-state index in [0.717, 1.165) is 19.4 Å². The molecule has 0 saturated heterocycles. The van der Waals surface area contributed by atoms with Crippen LogP contribution in [0.2, 0.25) is 0 Å². The number of carbonyl (C=O) groups is 1. The van der Waals surface area contributed by atoms with Gasteiger partial charge in [-0.15, -0.1) is 0 Å². The van der Waals surface area contributed by atoms with E-state index in [1.807, 2.05) is 0 Å². The minimum Gasteiger partial charge on any atom is -0.469 e. The Labute approximate surface area is 81.1 Å². The molecule has 0 radical (unpaired) electrons. The Bertz CT molecular complexity index is 146. The molecule has 0 heterocycles. The normalized spacial score (nSPS) is 10.9. The second-order valence-corrected chi connectivity index (χ2v) is 3.61. The van der Waals surface area contributed by atoms with Gasteiger partial charge in [-0.1, -0.05) is 0 Å². The highest BCUT2D eigenvalue weighted by Gasteiger charge is 2.03. The van der Waals surface area contributed by atoms with Crippen LogP contribution in [0.5, 0.6) is 0 Å². The Hall–Kier alpha value is -0.570. The lowest BCUT2D eigenvalue weighted by Crippen LogP contribution is -2.27. The lowest BCUT2D eigenvalue weighted by atomic mass is 10.2. The van der Waals surface area contributed by atoms with Crippen LogP contribution < -0.4 is 0 Å². The van der Waals surface area contributed by atoms with Crippen molar-refractivity contribution in [2.45, 2.75) is 39.2 Å². The van der Waals surface area contributed by atoms with Gasteiger partial charge in [0, 0.05) is 12.5 Å². The zero-order chi connectivity index (χ0) is 10.3. The highest BCUT2D eigenvalue weighted by Crippen LogP contribution is 2.01. The second-order valence-electron chi connectivity index (χ2n) is 3.61. The molecule has 0 aliphatic carbocycles. The third-order valence-electron chi connectivity index (χ3n) is 2.25. The SMILES string of the molecule is COC(=O)CCCCN(C)C(C)C. The van der Waals surface area contributed by atoms with Crippen molar-refractivity contribution >= 4 is 5.97 Å². The maximum absolute atomic E-state index is 10.8. The molecule has 0 rings (SSSR count). The van der Waals surface area contributed by atoms with Gasteiger partial charge >= 0.3 is 5.97 Å². The predicted octanol–water partition coefficient (Wildman–Crippen LogP) is 1.67. The molecule has 3 heteroatoms. The van der Waals surface area contributed by atoms with Crippen molar-refractivity contribution < 1.29 is 9.53 Å². The van der Waals surface area contributed by atoms with Crippen molar-refractivity contribution in [3.8, 4) is 0 Å². The van der Waals surface area contributed by atoms with Gasteiger partial charge in [0.15, 0.2) is 0 Å². The summed E-state index contributed by atoms with van der Waals surface area (Å²) >= 11 is 0. The maximum Gasteiger partial charge on any atom is 0.305 e. The van der Waals surface area contributed by atoms with Crippen LogP contribution >= 0.6 is 0 Å². The summed E-state index contributed by atoms with van der Waals surface area (Å²) in [4.78, 5) is 13.0. The zero-order valence-electron chi connectivity index (χ0n) is 9.17. The fourth-order valence-corrected chi connectivity index (χ4v) is 0.991. The van der Waals surface area contributed by atoms with Gasteiger partial charge in [-0.05, 0) is 40.3 Å². The van der Waals surface area contributed by atoms with Crippen molar-refractivity contribution in [3.05, 3.63) is 0 Å². The van der Waals surface area contributed by atoms with Crippen LogP contribution in [0.15, 0.2) is 0 Å². The number of hydrogen-bond acceptors (Lipinski definition) is 3. The van der Waals surface area contributed by atoms with Gasteiger partial charge in [0.2, 0.25) is 0 Å². The van der Waals surface area contributed by atoms with Gasteiger partial charge in [-0.3, -0.25) is 4.79 Å². The van der Waals surface area contributed by atoms with Crippen molar-refractivity contribution in [1.82, 2.24) is 4.90 Å². The van der Waals surface area contributed by atoms with Crippen molar-refractivity contribution in [1.29, 1.82) is 0 Å². The van der Waals surface area contributed by atoms with Gasteiger partial charge in [0.05, 0.1) is 7.11 Å². The van der Waals surface area contributed by atoms with E-state index in [2.05, 4.69) is 30.5 Å². The Kier molecular flexibility index (Phi) is 6.59. The van der Waals surface area contributed by atoms with E-state index >= 15 is 0 Å². The standard InChI is InChI=1S/C10H21NO2/c1-9(2)11(3)8-6-5-7-10(12)13-4/h9H,5-8H2,1-4H3. The summed E-state index contributed by atoms with van der Waals surface area (Å²) in [7, 11) is 3.53. The van der Waals surface area contributed by atoms with Crippen molar-refractivity contribution in [2.75, 3.05) is 20.7 Å². The molecule has 0 aliphatic heterocycles. The lowest BCUT2D eigenvalue weighted by molar-refractivity contribution is -0.140. The van der Waals surface area contributed by atoms with Crippen molar-refractivity contribution in [3.63, 3.8) is 0 Å². The predicted molar refractivity (Wildman–Crippen MR) is 53.6 cm³/mol. The molecule has 0 unspecified atom stereocenters. The van der Waals surface area contributed by atoms with Crippen molar-refractivity contribution in [2.24, 2.45) is 0 Å². The molecule has 78 valence electrons. The molecule has 0 fully saturated rings. The molecule has 0 aromatic carbocycles. The molecule has 0 spiro atoms. The van der Waals surface area contributed by atoms with Crippen LogP contribution in [0.4, 0.5) is 0 Å². The molecule has 0 aromatic heterocycles. The first kappa shape index (κ1) is 12.4. The Balaban J connectivity index is 3.30. The van der Waals surface area contributed by atoms with E-state index in [0.29, 0.717) is 12.5 Å². The molecule has 0 N–H and O–H groups in total. The van der Waals surface area contributed by atoms with Crippen LogP contribution in [0, 0.1) is 0 Å². The summed E-state index contributed by atoms with van der Waals surface area (Å²) in [6.45, 7) is 5.38. The first-order chi connectivity index (χ1) is 6.07. The molecular weight excluding hydrogens is 166 g/mol. The minimum atomic E-state index is -0.104. The van der Waals surface area contributed by atoms with Gasteiger partial charge in [-0.2, -0.15) is 0 Å². The minimum absolute atomic E-state index is 0.104. The van der Waals surface area contributed by atoms with E-state index in [-0.39, 0.29) is 5.97 Å². The molecule has 13 heavy (non-hydrogen) atoms. The first-order valence-electron chi connectivity index (χ1n) is 4.85. The Morgan fingerprint density at radius 2 is 2.00 bits per heavy atom. The summed E-state index contributed by atoms with van der Waals surface area (Å²) < 4.78 is 4.55. The fraction of sp³-hybridized carbons (Fsp3) is 0.900. The van der Waals surface area contributed by atoms with E-state index in [4.69, 9.17) is 0 Å². The molecule has 0 amide bonds. The van der Waals surface area contributed by atoms with Gasteiger partial charge in [-0.25, -0.2) is 0 Å². The summed E-state index contributed by atoms with van der Waals surface area (Å²) in [6.07, 6.45) is 2.52. The fourth-order valence-electron chi connectivity index (χ4n) is 0.991. The second kappa shape index (κ2) is 6.89. The first-order valence-corrected chi connectivity index (χ1v) is 4.85. The van der Waals surface area contributed by atoms with E-state index in [9.17, 15) is 4.79 Å². The highest BCUT2D eigenvalue weighted by molar-refractivity contribution is 5.68. The third kappa shape index (κ3) is 6.58. The number of rotatable bonds is 6. The Morgan fingerprint density at radius 1 is 1.38 bits per heavy atom. The topological polar surface area (TPSA) is 29.5 Å². The molecule has 3 nitrogen and oxygen atoms in total. The summed E-state index contributed by atoms with van der Waals surface area (Å²) in [6, 6.07) is 0.582. The van der Waals surface area contributed by atoms with Crippen LogP contribution in [-0.4, -0.2) is 37.6 Å². The number of hydrogen-bond donors (Lipinski definition) is 0. The van der Waals surface area contributed by atoms with E-state index < -0.39 is 0 Å². The number of methoxy groups -OCH3 is 1.